The Morgan fingerprint density at radius 3 is 1.51 bits per heavy atom. The Balaban J connectivity index is 0.00000155. The topological polar surface area (TPSA) is 6.48 Å². The number of rotatable bonds is 7. The van der Waals surface area contributed by atoms with Gasteiger partial charge in [0, 0.05) is 30.1 Å². The number of aryl methyl sites for hydroxylation is 6. The molecule has 2 nitrogen and oxygen atoms in total. The van der Waals surface area contributed by atoms with Crippen LogP contribution in [-0.4, -0.2) is 35.9 Å². The van der Waals surface area contributed by atoms with Crippen LogP contribution in [-0.2, 0) is 21.6 Å². The van der Waals surface area contributed by atoms with Gasteiger partial charge in [-0.3, -0.25) is 0 Å². The van der Waals surface area contributed by atoms with E-state index in [0.717, 1.165) is 30.8 Å². The maximum absolute atomic E-state index is 4.85. The Bertz CT molecular complexity index is 1640. The predicted molar refractivity (Wildman–Crippen MR) is 234 cm³/mol. The van der Waals surface area contributed by atoms with E-state index in [-0.39, 0.29) is 15.1 Å². The van der Waals surface area contributed by atoms with E-state index in [4.69, 9.17) is 19.4 Å². The quantitative estimate of drug-likeness (QED) is 0.172. The van der Waals surface area contributed by atoms with E-state index in [9.17, 15) is 0 Å². The molecular formula is C47H65Cl2N2PRu. The van der Waals surface area contributed by atoms with Gasteiger partial charge in [-0.1, -0.05) is 123 Å². The van der Waals surface area contributed by atoms with E-state index in [2.05, 4.69) is 112 Å². The third-order valence-electron chi connectivity index (χ3n) is 13.2. The summed E-state index contributed by atoms with van der Waals surface area (Å²) < 4.78 is 0. The Kier molecular flexibility index (Phi) is 14.8. The average Bonchev–Trinajstić information content (AvgIpc) is 3.56. The molecule has 7 rings (SSSR count). The van der Waals surface area contributed by atoms with Crippen LogP contribution in [0.1, 0.15) is 129 Å². The zero-order chi connectivity index (χ0) is 37.5. The summed E-state index contributed by atoms with van der Waals surface area (Å²) in [6, 6.07) is 21.3. The van der Waals surface area contributed by atoms with Gasteiger partial charge in [-0.25, -0.2) is 0 Å². The SMILES string of the molecule is Cc1cc(C)c(N2CCN(c3c(C)cc(C)cc3C)C2=C2CCCCC2P(=CCc2ccccc2)(C2CCCCC2)C2CCCCC2)c(C)c1.[Cl][Ru][Cl]. The van der Waals surface area contributed by atoms with Crippen molar-refractivity contribution in [3.63, 3.8) is 0 Å². The van der Waals surface area contributed by atoms with Gasteiger partial charge in [0.2, 0.25) is 0 Å². The molecule has 0 amide bonds. The number of anilines is 2. The molecule has 0 N–H and O–H groups in total. The Hall–Kier alpha value is -1.50. The second-order valence-electron chi connectivity index (χ2n) is 16.8. The molecule has 1 unspecified atom stereocenters. The summed E-state index contributed by atoms with van der Waals surface area (Å²) in [4.78, 5) is 5.67. The average molecular weight is 861 g/mol. The van der Waals surface area contributed by atoms with Gasteiger partial charge in [-0.05, 0) is 138 Å². The van der Waals surface area contributed by atoms with Crippen LogP contribution in [0.2, 0.25) is 0 Å². The maximum atomic E-state index is 4.85. The van der Waals surface area contributed by atoms with Crippen LogP contribution in [0.3, 0.4) is 0 Å². The fourth-order valence-corrected chi connectivity index (χ4v) is 18.4. The third-order valence-corrected chi connectivity index (χ3v) is 19.2. The number of allylic oxidation sites excluding steroid dienone is 1. The zero-order valence-corrected chi connectivity index (χ0v) is 37.6. The standard InChI is InChI=1S/C47H65N2P.2ClH.Ru/c1-34-30-36(3)45(37(4)31-34)48-27-28-49(46-38(5)32-35(2)33-39(46)6)47(48)43-24-16-17-25-44(43)50(41-20-12-8-13-21-41,42-22-14-9-15-23-42)29-26-40-18-10-7-11-19-40;;;/h7,10-11,18-19,29-33,41-42,44H,8-9,12-17,20-28H2,1-6H3;2*1H;/q;;;+2/p-2. The molecule has 0 spiro atoms. The first-order chi connectivity index (χ1) is 25.7. The molecule has 1 atom stereocenters. The molecule has 290 valence electrons. The normalized spacial score (nSPS) is 20.5. The van der Waals surface area contributed by atoms with Gasteiger partial charge in [0.15, 0.2) is 0 Å². The first-order valence-corrected chi connectivity index (χ1v) is 27.3. The molecule has 3 aromatic carbocycles. The molecule has 0 bridgehead atoms. The molecule has 1 aliphatic heterocycles. The number of benzene rings is 3. The van der Waals surface area contributed by atoms with Crippen molar-refractivity contribution in [3.05, 3.63) is 105 Å². The number of hydrogen-bond acceptors (Lipinski definition) is 2. The number of hydrogen-bond donors (Lipinski definition) is 0. The minimum absolute atomic E-state index is 0.346. The Labute approximate surface area is 339 Å². The second kappa shape index (κ2) is 19.1. The molecule has 6 heteroatoms. The summed E-state index contributed by atoms with van der Waals surface area (Å²) in [6.07, 6.45) is 21.1. The van der Waals surface area contributed by atoms with Crippen molar-refractivity contribution in [2.45, 2.75) is 155 Å². The fraction of sp³-hybridized carbons (Fsp3) is 0.553. The first-order valence-electron chi connectivity index (χ1n) is 20.7. The van der Waals surface area contributed by atoms with Gasteiger partial charge in [0.25, 0.3) is 0 Å². The van der Waals surface area contributed by atoms with Gasteiger partial charge in [-0.2, -0.15) is 0 Å². The first kappa shape index (κ1) is 41.1. The third kappa shape index (κ3) is 9.06. The van der Waals surface area contributed by atoms with E-state index < -0.39 is 6.89 Å². The van der Waals surface area contributed by atoms with Crippen molar-refractivity contribution in [2.75, 3.05) is 22.9 Å². The number of nitrogens with zero attached hydrogens (tertiary/aromatic N) is 2. The Morgan fingerprint density at radius 1 is 0.623 bits per heavy atom. The molecule has 3 saturated carbocycles. The van der Waals surface area contributed by atoms with Crippen molar-refractivity contribution in [3.8, 4) is 0 Å². The van der Waals surface area contributed by atoms with Crippen molar-refractivity contribution >= 4 is 43.4 Å². The Morgan fingerprint density at radius 2 is 1.06 bits per heavy atom. The molecule has 4 fully saturated rings. The number of halogens is 2. The molecule has 53 heavy (non-hydrogen) atoms. The molecule has 0 radical (unpaired) electrons. The molecular weight excluding hydrogens is 795 g/mol. The molecule has 4 aliphatic rings. The van der Waals surface area contributed by atoms with Crippen molar-refractivity contribution in [1.82, 2.24) is 0 Å². The molecule has 3 aromatic rings. The van der Waals surface area contributed by atoms with E-state index >= 15 is 0 Å². The van der Waals surface area contributed by atoms with E-state index in [0.29, 0.717) is 5.66 Å². The van der Waals surface area contributed by atoms with E-state index in [1.165, 1.54) is 140 Å². The summed E-state index contributed by atoms with van der Waals surface area (Å²) in [5.74, 6) is 4.68. The molecule has 0 aromatic heterocycles. The van der Waals surface area contributed by atoms with Crippen molar-refractivity contribution < 1.29 is 15.1 Å². The van der Waals surface area contributed by atoms with Crippen molar-refractivity contribution in [1.29, 1.82) is 0 Å². The summed E-state index contributed by atoms with van der Waals surface area (Å²) >= 11 is -0.346. The van der Waals surface area contributed by atoms with E-state index in [1.807, 2.05) is 5.57 Å². The van der Waals surface area contributed by atoms with Crippen LogP contribution in [0.4, 0.5) is 11.4 Å². The predicted octanol–water partition coefficient (Wildman–Crippen LogP) is 14.1. The van der Waals surface area contributed by atoms with Gasteiger partial charge >= 0.3 is 34.5 Å². The van der Waals surface area contributed by atoms with Gasteiger partial charge < -0.3 is 9.80 Å². The van der Waals surface area contributed by atoms with Crippen LogP contribution in [0.15, 0.2) is 66.0 Å². The second-order valence-corrected chi connectivity index (χ2v) is 23.7. The monoisotopic (exact) mass is 860 g/mol. The summed E-state index contributed by atoms with van der Waals surface area (Å²) in [7, 11) is 9.71. The molecule has 1 heterocycles. The van der Waals surface area contributed by atoms with Crippen LogP contribution < -0.4 is 9.80 Å². The van der Waals surface area contributed by atoms with Crippen LogP contribution in [0, 0.1) is 41.5 Å². The molecule has 1 saturated heterocycles. The van der Waals surface area contributed by atoms with Crippen LogP contribution in [0.25, 0.3) is 0 Å². The minimum atomic E-state index is -1.53. The summed E-state index contributed by atoms with van der Waals surface area (Å²) in [6.45, 7) is 14.6. The van der Waals surface area contributed by atoms with Gasteiger partial charge in [-0.15, -0.1) is 0 Å². The van der Waals surface area contributed by atoms with Gasteiger partial charge in [0.1, 0.15) is 5.82 Å². The van der Waals surface area contributed by atoms with Crippen LogP contribution >= 0.6 is 26.3 Å². The fourth-order valence-electron chi connectivity index (χ4n) is 11.5. The summed E-state index contributed by atoms with van der Waals surface area (Å²) in [5.41, 5.74) is 17.3. The molecule has 3 aliphatic carbocycles. The van der Waals surface area contributed by atoms with E-state index in [1.54, 1.807) is 5.82 Å². The van der Waals surface area contributed by atoms with Crippen molar-refractivity contribution in [2.24, 2.45) is 0 Å². The van der Waals surface area contributed by atoms with Gasteiger partial charge in [0.05, 0.1) is 0 Å². The van der Waals surface area contributed by atoms with Crippen LogP contribution in [0.5, 0.6) is 0 Å². The summed E-state index contributed by atoms with van der Waals surface area (Å²) in [5, 5.41) is 0. The zero-order valence-electron chi connectivity index (χ0n) is 33.5.